The number of aromatic hydroxyl groups is 2. The molecule has 0 unspecified atom stereocenters. The van der Waals surface area contributed by atoms with Gasteiger partial charge in [0.2, 0.25) is 0 Å². The first-order valence-electron chi connectivity index (χ1n) is 3.63. The lowest BCUT2D eigenvalue weighted by molar-refractivity contribution is 0.403. The van der Waals surface area contributed by atoms with Gasteiger partial charge in [-0.15, -0.1) is 0 Å². The molecule has 1 aromatic carbocycles. The van der Waals surface area contributed by atoms with Crippen LogP contribution in [0.15, 0.2) is 24.3 Å². The van der Waals surface area contributed by atoms with Crippen molar-refractivity contribution in [2.45, 2.75) is 0 Å². The first kappa shape index (κ1) is 8.62. The molecule has 0 saturated carbocycles. The van der Waals surface area contributed by atoms with Crippen molar-refractivity contribution in [3.63, 3.8) is 0 Å². The summed E-state index contributed by atoms with van der Waals surface area (Å²) in [7, 11) is 0. The average molecular weight is 165 g/mol. The number of phenols is 2. The summed E-state index contributed by atoms with van der Waals surface area (Å²) in [6.07, 6.45) is 3.36. The Morgan fingerprint density at radius 3 is 2.75 bits per heavy atom. The molecular formula is C9H11NO2. The third-order valence-corrected chi connectivity index (χ3v) is 1.48. The number of phenolic OH excluding ortho intramolecular Hbond substituents is 2. The summed E-state index contributed by atoms with van der Waals surface area (Å²) in [6.45, 7) is 0.412. The largest absolute Gasteiger partial charge is 0.504 e. The van der Waals surface area contributed by atoms with E-state index < -0.39 is 0 Å². The lowest BCUT2D eigenvalue weighted by Crippen LogP contribution is -1.91. The number of para-hydroxylation sites is 1. The number of benzene rings is 1. The zero-order valence-corrected chi connectivity index (χ0v) is 6.57. The van der Waals surface area contributed by atoms with Gasteiger partial charge >= 0.3 is 0 Å². The lowest BCUT2D eigenvalue weighted by Gasteiger charge is -1.99. The van der Waals surface area contributed by atoms with E-state index in [-0.39, 0.29) is 11.5 Å². The maximum absolute atomic E-state index is 9.28. The highest BCUT2D eigenvalue weighted by molar-refractivity contribution is 5.61. The zero-order valence-electron chi connectivity index (χ0n) is 6.57. The Bertz CT molecular complexity index is 295. The van der Waals surface area contributed by atoms with Crippen LogP contribution in [0, 0.1) is 0 Å². The lowest BCUT2D eigenvalue weighted by atomic mass is 10.2. The van der Waals surface area contributed by atoms with Crippen molar-refractivity contribution < 1.29 is 10.2 Å². The minimum absolute atomic E-state index is 0.109. The smallest absolute Gasteiger partial charge is 0.164 e. The van der Waals surface area contributed by atoms with Crippen LogP contribution in [0.4, 0.5) is 0 Å². The van der Waals surface area contributed by atoms with Crippen LogP contribution in [-0.2, 0) is 0 Å². The SMILES string of the molecule is NC/C=C/c1cccc(O)c1O. The second kappa shape index (κ2) is 3.78. The maximum Gasteiger partial charge on any atom is 0.164 e. The van der Waals surface area contributed by atoms with E-state index in [1.165, 1.54) is 6.07 Å². The van der Waals surface area contributed by atoms with Crippen LogP contribution in [0.5, 0.6) is 11.5 Å². The minimum atomic E-state index is -0.117. The average Bonchev–Trinajstić information content (AvgIpc) is 2.08. The first-order valence-corrected chi connectivity index (χ1v) is 3.63. The van der Waals surface area contributed by atoms with Crippen molar-refractivity contribution in [2.75, 3.05) is 6.54 Å². The van der Waals surface area contributed by atoms with Crippen molar-refractivity contribution in [1.29, 1.82) is 0 Å². The van der Waals surface area contributed by atoms with Gasteiger partial charge < -0.3 is 15.9 Å². The van der Waals surface area contributed by atoms with E-state index in [1.54, 1.807) is 24.3 Å². The van der Waals surface area contributed by atoms with Crippen molar-refractivity contribution in [3.05, 3.63) is 29.8 Å². The standard InChI is InChI=1S/C9H11NO2/c10-6-2-4-7-3-1-5-8(11)9(7)12/h1-5,11-12H,6,10H2/b4-2+. The maximum atomic E-state index is 9.28. The molecule has 3 nitrogen and oxygen atoms in total. The van der Waals surface area contributed by atoms with E-state index in [4.69, 9.17) is 10.8 Å². The predicted octanol–water partition coefficient (Wildman–Crippen LogP) is 1.07. The van der Waals surface area contributed by atoms with Crippen LogP contribution in [0.25, 0.3) is 6.08 Å². The number of hydrogen-bond donors (Lipinski definition) is 3. The van der Waals surface area contributed by atoms with Gasteiger partial charge in [-0.3, -0.25) is 0 Å². The number of rotatable bonds is 2. The van der Waals surface area contributed by atoms with Crippen molar-refractivity contribution >= 4 is 6.08 Å². The molecule has 1 aromatic rings. The van der Waals surface area contributed by atoms with E-state index in [1.807, 2.05) is 0 Å². The monoisotopic (exact) mass is 165 g/mol. The molecule has 0 radical (unpaired) electrons. The van der Waals surface area contributed by atoms with Crippen molar-refractivity contribution in [2.24, 2.45) is 5.73 Å². The second-order valence-electron chi connectivity index (χ2n) is 2.35. The van der Waals surface area contributed by atoms with Gasteiger partial charge in [0.1, 0.15) is 0 Å². The fourth-order valence-electron chi connectivity index (χ4n) is 0.878. The van der Waals surface area contributed by atoms with Crippen molar-refractivity contribution in [1.82, 2.24) is 0 Å². The topological polar surface area (TPSA) is 66.5 Å². The van der Waals surface area contributed by atoms with Gasteiger partial charge in [-0.2, -0.15) is 0 Å². The molecule has 0 aliphatic carbocycles. The van der Waals surface area contributed by atoms with E-state index in [0.717, 1.165) is 0 Å². The Morgan fingerprint density at radius 1 is 1.33 bits per heavy atom. The molecule has 0 bridgehead atoms. The highest BCUT2D eigenvalue weighted by Gasteiger charge is 2.00. The summed E-state index contributed by atoms with van der Waals surface area (Å²) in [6, 6.07) is 4.78. The minimum Gasteiger partial charge on any atom is -0.504 e. The van der Waals surface area contributed by atoms with Crippen LogP contribution >= 0.6 is 0 Å². The fraction of sp³-hybridized carbons (Fsp3) is 0.111. The normalized spacial score (nSPS) is 10.8. The Kier molecular flexibility index (Phi) is 2.71. The third kappa shape index (κ3) is 1.77. The third-order valence-electron chi connectivity index (χ3n) is 1.48. The van der Waals surface area contributed by atoms with Gasteiger partial charge in [0.25, 0.3) is 0 Å². The molecule has 4 N–H and O–H groups in total. The molecule has 0 saturated heterocycles. The molecule has 0 aromatic heterocycles. The van der Waals surface area contributed by atoms with Gasteiger partial charge in [0.15, 0.2) is 11.5 Å². The molecule has 1 rings (SSSR count). The summed E-state index contributed by atoms with van der Waals surface area (Å²) < 4.78 is 0. The van der Waals surface area contributed by atoms with Gasteiger partial charge in [-0.1, -0.05) is 24.3 Å². The van der Waals surface area contributed by atoms with Crippen LogP contribution in [0.2, 0.25) is 0 Å². The Morgan fingerprint density at radius 2 is 2.08 bits per heavy atom. The summed E-state index contributed by atoms with van der Waals surface area (Å²) in [4.78, 5) is 0. The Hall–Kier alpha value is -1.48. The highest BCUT2D eigenvalue weighted by atomic mass is 16.3. The molecule has 64 valence electrons. The number of nitrogens with two attached hydrogens (primary N) is 1. The van der Waals surface area contributed by atoms with E-state index >= 15 is 0 Å². The second-order valence-corrected chi connectivity index (χ2v) is 2.35. The number of hydrogen-bond acceptors (Lipinski definition) is 3. The van der Waals surface area contributed by atoms with Crippen LogP contribution < -0.4 is 5.73 Å². The molecule has 3 heteroatoms. The van der Waals surface area contributed by atoms with Crippen molar-refractivity contribution in [3.8, 4) is 11.5 Å². The fourth-order valence-corrected chi connectivity index (χ4v) is 0.878. The molecule has 0 heterocycles. The summed E-state index contributed by atoms with van der Waals surface area (Å²) in [5.41, 5.74) is 5.80. The van der Waals surface area contributed by atoms with Crippen LogP contribution in [0.3, 0.4) is 0 Å². The van der Waals surface area contributed by atoms with E-state index in [9.17, 15) is 5.11 Å². The van der Waals surface area contributed by atoms with Crippen LogP contribution in [-0.4, -0.2) is 16.8 Å². The van der Waals surface area contributed by atoms with E-state index in [0.29, 0.717) is 12.1 Å². The predicted molar refractivity (Wildman–Crippen MR) is 47.9 cm³/mol. The quantitative estimate of drug-likeness (QED) is 0.574. The molecule has 0 aliphatic heterocycles. The molecule has 0 fully saturated rings. The summed E-state index contributed by atoms with van der Waals surface area (Å²) in [5.74, 6) is -0.226. The van der Waals surface area contributed by atoms with Gasteiger partial charge in [0, 0.05) is 12.1 Å². The Labute approximate surface area is 70.8 Å². The molecule has 0 amide bonds. The Balaban J connectivity index is 3.00. The molecular weight excluding hydrogens is 154 g/mol. The van der Waals surface area contributed by atoms with Crippen LogP contribution in [0.1, 0.15) is 5.56 Å². The van der Waals surface area contributed by atoms with Gasteiger partial charge in [-0.05, 0) is 6.07 Å². The molecule has 0 aliphatic rings. The summed E-state index contributed by atoms with van der Waals surface area (Å²) >= 11 is 0. The van der Waals surface area contributed by atoms with Gasteiger partial charge in [-0.25, -0.2) is 0 Å². The molecule has 0 spiro atoms. The zero-order chi connectivity index (χ0) is 8.97. The molecule has 0 atom stereocenters. The van der Waals surface area contributed by atoms with Gasteiger partial charge in [0.05, 0.1) is 0 Å². The first-order chi connectivity index (χ1) is 5.75. The molecule has 12 heavy (non-hydrogen) atoms. The summed E-state index contributed by atoms with van der Waals surface area (Å²) in [5, 5.41) is 18.4. The highest BCUT2D eigenvalue weighted by Crippen LogP contribution is 2.28. The van der Waals surface area contributed by atoms with E-state index in [2.05, 4.69) is 0 Å².